The molecule has 0 bridgehead atoms. The number of carbonyl (C=O) groups is 1. The molecule has 2 aromatic rings. The highest BCUT2D eigenvalue weighted by atomic mass is 35.5. The van der Waals surface area contributed by atoms with E-state index in [9.17, 15) is 4.79 Å². The van der Waals surface area contributed by atoms with E-state index in [-0.39, 0.29) is 42.7 Å². The second kappa shape index (κ2) is 12.6. The van der Waals surface area contributed by atoms with Gasteiger partial charge >= 0.3 is 0 Å². The van der Waals surface area contributed by atoms with Crippen LogP contribution in [0.1, 0.15) is 55.8 Å². The molecule has 2 unspecified atom stereocenters. The van der Waals surface area contributed by atoms with Crippen molar-refractivity contribution in [2.24, 2.45) is 0 Å². The molecule has 1 aliphatic heterocycles. The van der Waals surface area contributed by atoms with Gasteiger partial charge in [0.15, 0.2) is 0 Å². The van der Waals surface area contributed by atoms with Gasteiger partial charge in [0.05, 0.1) is 5.92 Å². The van der Waals surface area contributed by atoms with Crippen molar-refractivity contribution in [3.8, 4) is 0 Å². The SMILES string of the molecule is CC(C)NCC(C(=O)N1CCN(c2ncnc3c2C(C)CC3)CC1)c1ccc(Cl)cc1Cl.Cl.Cl. The Kier molecular flexibility index (Phi) is 10.7. The van der Waals surface area contributed by atoms with Gasteiger partial charge in [0.25, 0.3) is 0 Å². The molecule has 1 amide bonds. The van der Waals surface area contributed by atoms with Crippen molar-refractivity contribution in [2.75, 3.05) is 37.6 Å². The van der Waals surface area contributed by atoms with Gasteiger partial charge in [0.1, 0.15) is 12.1 Å². The highest BCUT2D eigenvalue weighted by Gasteiger charge is 2.32. The maximum absolute atomic E-state index is 13.6. The Morgan fingerprint density at radius 2 is 1.85 bits per heavy atom. The molecule has 1 aliphatic carbocycles. The molecular weight excluding hydrogens is 516 g/mol. The fraction of sp³-hybridized carbons (Fsp3) is 0.542. The molecule has 1 N–H and O–H groups in total. The number of aryl methyl sites for hydroxylation is 1. The van der Waals surface area contributed by atoms with Crippen molar-refractivity contribution in [3.05, 3.63) is 51.4 Å². The number of halogens is 4. The zero-order valence-electron chi connectivity index (χ0n) is 19.8. The molecule has 4 rings (SSSR count). The monoisotopic (exact) mass is 547 g/mol. The van der Waals surface area contributed by atoms with E-state index in [4.69, 9.17) is 23.2 Å². The summed E-state index contributed by atoms with van der Waals surface area (Å²) in [4.78, 5) is 26.9. The molecule has 6 nitrogen and oxygen atoms in total. The average Bonchev–Trinajstić information content (AvgIpc) is 3.16. The normalized spacial score (nSPS) is 18.2. The van der Waals surface area contributed by atoms with Crippen LogP contribution >= 0.6 is 48.0 Å². The standard InChI is InChI=1S/C24H31Cl2N5O.2ClH/c1-15(2)27-13-19(18-6-5-17(25)12-20(18)26)24(32)31-10-8-30(9-11-31)23-22-16(3)4-7-21(22)28-14-29-23;;/h5-6,12,14-16,19,27H,4,7-11,13H2,1-3H3;2*1H. The second-order valence-electron chi connectivity index (χ2n) is 9.09. The Labute approximate surface area is 224 Å². The van der Waals surface area contributed by atoms with E-state index in [0.717, 1.165) is 37.3 Å². The quantitative estimate of drug-likeness (QED) is 0.543. The molecule has 34 heavy (non-hydrogen) atoms. The minimum Gasteiger partial charge on any atom is -0.353 e. The molecule has 2 atom stereocenters. The molecule has 0 spiro atoms. The minimum absolute atomic E-state index is 0. The predicted octanol–water partition coefficient (Wildman–Crippen LogP) is 5.11. The number of carbonyl (C=O) groups excluding carboxylic acids is 1. The Hall–Kier alpha value is -1.31. The Morgan fingerprint density at radius 3 is 2.50 bits per heavy atom. The first kappa shape index (κ1) is 28.9. The first-order valence-electron chi connectivity index (χ1n) is 11.4. The molecule has 1 aromatic heterocycles. The summed E-state index contributed by atoms with van der Waals surface area (Å²) in [5, 5.41) is 4.51. The maximum atomic E-state index is 13.6. The highest BCUT2D eigenvalue weighted by Crippen LogP contribution is 2.37. The van der Waals surface area contributed by atoms with Crippen LogP contribution in [0, 0.1) is 0 Å². The summed E-state index contributed by atoms with van der Waals surface area (Å²) in [5.74, 6) is 1.28. The molecule has 10 heteroatoms. The number of anilines is 1. The van der Waals surface area contributed by atoms with Gasteiger partial charge in [-0.2, -0.15) is 0 Å². The number of hydrogen-bond donors (Lipinski definition) is 1. The summed E-state index contributed by atoms with van der Waals surface area (Å²) in [6, 6.07) is 5.66. The summed E-state index contributed by atoms with van der Waals surface area (Å²) in [6.45, 7) is 9.79. The Balaban J connectivity index is 0.00000204. The van der Waals surface area contributed by atoms with Crippen LogP contribution in [-0.2, 0) is 11.2 Å². The zero-order chi connectivity index (χ0) is 22.8. The van der Waals surface area contributed by atoms with Crippen molar-refractivity contribution >= 4 is 59.7 Å². The van der Waals surface area contributed by atoms with Crippen LogP contribution < -0.4 is 10.2 Å². The number of fused-ring (bicyclic) bond motifs is 1. The number of hydrogen-bond acceptors (Lipinski definition) is 5. The summed E-state index contributed by atoms with van der Waals surface area (Å²) < 4.78 is 0. The smallest absolute Gasteiger partial charge is 0.231 e. The van der Waals surface area contributed by atoms with Crippen LogP contribution in [0.25, 0.3) is 0 Å². The maximum Gasteiger partial charge on any atom is 0.231 e. The van der Waals surface area contributed by atoms with E-state index < -0.39 is 0 Å². The predicted molar refractivity (Wildman–Crippen MR) is 144 cm³/mol. The van der Waals surface area contributed by atoms with Crippen molar-refractivity contribution in [2.45, 2.75) is 51.5 Å². The third-order valence-electron chi connectivity index (χ3n) is 6.51. The van der Waals surface area contributed by atoms with E-state index >= 15 is 0 Å². The number of aromatic nitrogens is 2. The topological polar surface area (TPSA) is 61.4 Å². The van der Waals surface area contributed by atoms with E-state index in [1.54, 1.807) is 18.5 Å². The van der Waals surface area contributed by atoms with Crippen LogP contribution in [0.3, 0.4) is 0 Å². The van der Waals surface area contributed by atoms with Crippen LogP contribution in [0.5, 0.6) is 0 Å². The van der Waals surface area contributed by atoms with Crippen LogP contribution in [-0.4, -0.2) is 59.5 Å². The van der Waals surface area contributed by atoms with Crippen molar-refractivity contribution in [1.29, 1.82) is 0 Å². The lowest BCUT2D eigenvalue weighted by Gasteiger charge is -2.38. The van der Waals surface area contributed by atoms with Gasteiger partial charge in [-0.15, -0.1) is 24.8 Å². The molecule has 188 valence electrons. The lowest BCUT2D eigenvalue weighted by atomic mass is 9.96. The van der Waals surface area contributed by atoms with Crippen LogP contribution in [0.15, 0.2) is 24.5 Å². The van der Waals surface area contributed by atoms with Crippen molar-refractivity contribution < 1.29 is 4.79 Å². The Bertz CT molecular complexity index is 982. The van der Waals surface area contributed by atoms with Crippen molar-refractivity contribution in [1.82, 2.24) is 20.2 Å². The van der Waals surface area contributed by atoms with Gasteiger partial charge in [-0.25, -0.2) is 9.97 Å². The first-order chi connectivity index (χ1) is 15.3. The summed E-state index contributed by atoms with van der Waals surface area (Å²) in [6.07, 6.45) is 3.84. The number of rotatable bonds is 6. The van der Waals surface area contributed by atoms with Gasteiger partial charge in [0.2, 0.25) is 5.91 Å². The molecule has 1 aromatic carbocycles. The summed E-state index contributed by atoms with van der Waals surface area (Å²) in [5.41, 5.74) is 3.29. The van der Waals surface area contributed by atoms with Crippen LogP contribution in [0.4, 0.5) is 5.82 Å². The number of amides is 1. The molecule has 2 heterocycles. The molecule has 2 aliphatic rings. The van der Waals surface area contributed by atoms with E-state index in [0.29, 0.717) is 35.6 Å². The third kappa shape index (κ3) is 6.27. The number of piperazine rings is 1. The van der Waals surface area contributed by atoms with E-state index in [2.05, 4.69) is 41.0 Å². The van der Waals surface area contributed by atoms with Gasteiger partial charge < -0.3 is 15.1 Å². The second-order valence-corrected chi connectivity index (χ2v) is 9.93. The lowest BCUT2D eigenvalue weighted by Crippen LogP contribution is -2.51. The number of benzene rings is 1. The molecule has 1 fully saturated rings. The van der Waals surface area contributed by atoms with Crippen LogP contribution in [0.2, 0.25) is 10.0 Å². The van der Waals surface area contributed by atoms with Gasteiger partial charge in [-0.1, -0.05) is 50.0 Å². The fourth-order valence-corrected chi connectivity index (χ4v) is 5.24. The zero-order valence-corrected chi connectivity index (χ0v) is 22.9. The third-order valence-corrected chi connectivity index (χ3v) is 7.07. The first-order valence-corrected chi connectivity index (χ1v) is 12.2. The largest absolute Gasteiger partial charge is 0.353 e. The molecule has 0 radical (unpaired) electrons. The molecule has 1 saturated heterocycles. The van der Waals surface area contributed by atoms with Gasteiger partial charge in [-0.3, -0.25) is 4.79 Å². The Morgan fingerprint density at radius 1 is 1.15 bits per heavy atom. The lowest BCUT2D eigenvalue weighted by molar-refractivity contribution is -0.133. The fourth-order valence-electron chi connectivity index (χ4n) is 4.70. The summed E-state index contributed by atoms with van der Waals surface area (Å²) >= 11 is 12.6. The number of nitrogens with zero attached hydrogens (tertiary/aromatic N) is 4. The van der Waals surface area contributed by atoms with Gasteiger partial charge in [-0.05, 0) is 36.5 Å². The molecular formula is C24H33Cl4N5O. The van der Waals surface area contributed by atoms with Crippen molar-refractivity contribution in [3.63, 3.8) is 0 Å². The minimum atomic E-state index is -0.350. The average molecular weight is 549 g/mol. The van der Waals surface area contributed by atoms with E-state index in [1.807, 2.05) is 11.0 Å². The van der Waals surface area contributed by atoms with Gasteiger partial charge in [0, 0.05) is 60.1 Å². The number of nitrogens with one attached hydrogen (secondary N) is 1. The highest BCUT2D eigenvalue weighted by molar-refractivity contribution is 6.35. The van der Waals surface area contributed by atoms with E-state index in [1.165, 1.54) is 11.3 Å². The molecule has 0 saturated carbocycles. The summed E-state index contributed by atoms with van der Waals surface area (Å²) in [7, 11) is 0.